The fourth-order valence-corrected chi connectivity index (χ4v) is 1.71. The van der Waals surface area contributed by atoms with E-state index >= 15 is 0 Å². The molecule has 0 aliphatic heterocycles. The van der Waals surface area contributed by atoms with Crippen molar-refractivity contribution in [3.05, 3.63) is 42.2 Å². The first-order valence-corrected chi connectivity index (χ1v) is 5.96. The van der Waals surface area contributed by atoms with Crippen molar-refractivity contribution in [1.29, 1.82) is 0 Å². The molecule has 0 fully saturated rings. The van der Waals surface area contributed by atoms with Gasteiger partial charge in [-0.3, -0.25) is 4.98 Å². The van der Waals surface area contributed by atoms with Crippen molar-refractivity contribution >= 4 is 17.3 Å². The highest BCUT2D eigenvalue weighted by atomic mass is 16.5. The molecule has 2 rings (SSSR count). The summed E-state index contributed by atoms with van der Waals surface area (Å²) in [4.78, 5) is 8.32. The molecule has 0 unspecified atom stereocenters. The first-order chi connectivity index (χ1) is 9.33. The number of para-hydroxylation sites is 1. The molecular formula is C13H17N5O. The summed E-state index contributed by atoms with van der Waals surface area (Å²) in [5, 5.41) is 3.23. The van der Waals surface area contributed by atoms with Crippen LogP contribution >= 0.6 is 0 Å². The smallest absolute Gasteiger partial charge is 0.160 e. The van der Waals surface area contributed by atoms with Crippen LogP contribution in [-0.4, -0.2) is 23.7 Å². The van der Waals surface area contributed by atoms with Crippen molar-refractivity contribution in [1.82, 2.24) is 9.97 Å². The van der Waals surface area contributed by atoms with Crippen LogP contribution in [0.15, 0.2) is 36.7 Å². The third kappa shape index (κ3) is 3.64. The zero-order valence-corrected chi connectivity index (χ0v) is 10.8. The molecule has 0 atom stereocenters. The molecular weight excluding hydrogens is 242 g/mol. The summed E-state index contributed by atoms with van der Waals surface area (Å²) in [5.41, 5.74) is 4.62. The molecule has 0 aliphatic rings. The summed E-state index contributed by atoms with van der Waals surface area (Å²) in [6, 6.07) is 8.02. The molecule has 2 aromatic rings. The van der Waals surface area contributed by atoms with E-state index in [9.17, 15) is 0 Å². The monoisotopic (exact) mass is 259 g/mol. The van der Waals surface area contributed by atoms with Gasteiger partial charge in [0.05, 0.1) is 19.0 Å². The van der Waals surface area contributed by atoms with Crippen LogP contribution in [-0.2, 0) is 11.2 Å². The number of aromatic nitrogens is 2. The van der Waals surface area contributed by atoms with Crippen LogP contribution in [0.4, 0.5) is 17.3 Å². The second-order valence-corrected chi connectivity index (χ2v) is 3.96. The van der Waals surface area contributed by atoms with Crippen LogP contribution in [0.2, 0.25) is 0 Å². The zero-order chi connectivity index (χ0) is 13.5. The molecule has 1 aromatic carbocycles. The molecule has 6 nitrogen and oxygen atoms in total. The minimum atomic E-state index is 0.513. The highest BCUT2D eigenvalue weighted by molar-refractivity contribution is 5.61. The molecule has 0 amide bonds. The van der Waals surface area contributed by atoms with Gasteiger partial charge in [-0.2, -0.15) is 0 Å². The average molecular weight is 259 g/mol. The lowest BCUT2D eigenvalue weighted by Gasteiger charge is -2.11. The molecule has 0 saturated heterocycles. The second-order valence-electron chi connectivity index (χ2n) is 3.96. The summed E-state index contributed by atoms with van der Waals surface area (Å²) in [6.07, 6.45) is 4.04. The van der Waals surface area contributed by atoms with Crippen molar-refractivity contribution < 1.29 is 4.74 Å². The summed E-state index contributed by atoms with van der Waals surface area (Å²) in [5.74, 6) is 6.46. The molecule has 0 spiro atoms. The number of hydrazine groups is 1. The number of anilines is 3. The molecule has 6 heteroatoms. The third-order valence-electron chi connectivity index (χ3n) is 2.64. The first-order valence-electron chi connectivity index (χ1n) is 5.96. The van der Waals surface area contributed by atoms with Crippen molar-refractivity contribution in [2.24, 2.45) is 5.84 Å². The Kier molecular flexibility index (Phi) is 4.66. The Labute approximate surface area is 112 Å². The summed E-state index contributed by atoms with van der Waals surface area (Å²) in [6.45, 7) is 0.675. The number of hydrogen-bond donors (Lipinski definition) is 3. The summed E-state index contributed by atoms with van der Waals surface area (Å²) < 4.78 is 5.11. The van der Waals surface area contributed by atoms with E-state index in [0.717, 1.165) is 17.7 Å². The number of ether oxygens (including phenoxy) is 1. The Hall–Kier alpha value is -2.18. The lowest BCUT2D eigenvalue weighted by molar-refractivity contribution is 0.202. The normalized spacial score (nSPS) is 10.2. The predicted octanol–water partition coefficient (Wildman–Crippen LogP) is 1.69. The van der Waals surface area contributed by atoms with E-state index in [2.05, 4.69) is 26.8 Å². The number of benzene rings is 1. The van der Waals surface area contributed by atoms with Crippen molar-refractivity contribution in [2.45, 2.75) is 6.42 Å². The van der Waals surface area contributed by atoms with Gasteiger partial charge >= 0.3 is 0 Å². The first kappa shape index (κ1) is 13.3. The SMILES string of the molecule is COCCc1ccccc1Nc1cncc(NN)n1. The Morgan fingerprint density at radius 2 is 2.00 bits per heavy atom. The van der Waals surface area contributed by atoms with E-state index in [1.54, 1.807) is 19.5 Å². The van der Waals surface area contributed by atoms with E-state index in [1.807, 2.05) is 18.2 Å². The molecule has 4 N–H and O–H groups in total. The maximum Gasteiger partial charge on any atom is 0.160 e. The summed E-state index contributed by atoms with van der Waals surface area (Å²) in [7, 11) is 1.69. The predicted molar refractivity (Wildman–Crippen MR) is 75.1 cm³/mol. The Morgan fingerprint density at radius 1 is 1.21 bits per heavy atom. The van der Waals surface area contributed by atoms with Crippen LogP contribution in [0.3, 0.4) is 0 Å². The fraction of sp³-hybridized carbons (Fsp3) is 0.231. The van der Waals surface area contributed by atoms with Gasteiger partial charge in [0, 0.05) is 12.8 Å². The van der Waals surface area contributed by atoms with Gasteiger partial charge < -0.3 is 15.5 Å². The van der Waals surface area contributed by atoms with Crippen LogP contribution in [0.1, 0.15) is 5.56 Å². The number of nitrogens with one attached hydrogen (secondary N) is 2. The Bertz CT molecular complexity index is 532. The minimum Gasteiger partial charge on any atom is -0.384 e. The fourth-order valence-electron chi connectivity index (χ4n) is 1.71. The van der Waals surface area contributed by atoms with Gasteiger partial charge in [0.2, 0.25) is 0 Å². The molecule has 0 bridgehead atoms. The van der Waals surface area contributed by atoms with Gasteiger partial charge in [0.15, 0.2) is 11.6 Å². The van der Waals surface area contributed by atoms with Gasteiger partial charge in [-0.15, -0.1) is 0 Å². The quantitative estimate of drug-likeness (QED) is 0.541. The van der Waals surface area contributed by atoms with Gasteiger partial charge in [-0.25, -0.2) is 10.8 Å². The van der Waals surface area contributed by atoms with Crippen molar-refractivity contribution in [3.63, 3.8) is 0 Å². The maximum absolute atomic E-state index is 5.31. The average Bonchev–Trinajstić information content (AvgIpc) is 2.46. The highest BCUT2D eigenvalue weighted by Gasteiger charge is 2.03. The van der Waals surface area contributed by atoms with E-state index < -0.39 is 0 Å². The minimum absolute atomic E-state index is 0.513. The largest absolute Gasteiger partial charge is 0.384 e. The zero-order valence-electron chi connectivity index (χ0n) is 10.8. The standard InChI is InChI=1S/C13H17N5O/c1-19-7-6-10-4-2-3-5-11(10)16-12-8-15-9-13(17-12)18-14/h2-5,8-9H,6-7,14H2,1H3,(H2,16,17,18). The lowest BCUT2D eigenvalue weighted by Crippen LogP contribution is -2.10. The lowest BCUT2D eigenvalue weighted by atomic mass is 10.1. The molecule has 0 aliphatic carbocycles. The van der Waals surface area contributed by atoms with Crippen molar-refractivity contribution in [3.8, 4) is 0 Å². The van der Waals surface area contributed by atoms with Gasteiger partial charge in [-0.05, 0) is 18.1 Å². The van der Waals surface area contributed by atoms with Crippen LogP contribution in [0, 0.1) is 0 Å². The molecule has 1 aromatic heterocycles. The van der Waals surface area contributed by atoms with Gasteiger partial charge in [-0.1, -0.05) is 18.2 Å². The van der Waals surface area contributed by atoms with Crippen LogP contribution in [0.25, 0.3) is 0 Å². The number of nitrogen functional groups attached to an aromatic ring is 1. The van der Waals surface area contributed by atoms with Gasteiger partial charge in [0.25, 0.3) is 0 Å². The van der Waals surface area contributed by atoms with Crippen LogP contribution < -0.4 is 16.6 Å². The van der Waals surface area contributed by atoms with E-state index in [0.29, 0.717) is 18.2 Å². The molecule has 19 heavy (non-hydrogen) atoms. The molecule has 1 heterocycles. The molecule has 100 valence electrons. The Morgan fingerprint density at radius 3 is 2.79 bits per heavy atom. The van der Waals surface area contributed by atoms with Crippen LogP contribution in [0.5, 0.6) is 0 Å². The van der Waals surface area contributed by atoms with Gasteiger partial charge in [0.1, 0.15) is 0 Å². The number of nitrogens with zero attached hydrogens (tertiary/aromatic N) is 2. The second kappa shape index (κ2) is 6.67. The van der Waals surface area contributed by atoms with E-state index in [1.165, 1.54) is 0 Å². The molecule has 0 radical (unpaired) electrons. The number of rotatable bonds is 6. The molecule has 0 saturated carbocycles. The third-order valence-corrected chi connectivity index (χ3v) is 2.64. The number of hydrogen-bond acceptors (Lipinski definition) is 6. The highest BCUT2D eigenvalue weighted by Crippen LogP contribution is 2.20. The van der Waals surface area contributed by atoms with Crippen molar-refractivity contribution in [2.75, 3.05) is 24.5 Å². The summed E-state index contributed by atoms with van der Waals surface area (Å²) >= 11 is 0. The van der Waals surface area contributed by atoms with E-state index in [-0.39, 0.29) is 0 Å². The maximum atomic E-state index is 5.31. The number of nitrogens with two attached hydrogens (primary N) is 1. The Balaban J connectivity index is 2.17. The van der Waals surface area contributed by atoms with E-state index in [4.69, 9.17) is 10.6 Å². The topological polar surface area (TPSA) is 85.1 Å². The number of methoxy groups -OCH3 is 1.